The zero-order chi connectivity index (χ0) is 25.1. The van der Waals surface area contributed by atoms with Gasteiger partial charge >= 0.3 is 0 Å². The van der Waals surface area contributed by atoms with Crippen LogP contribution in [0.2, 0.25) is 0 Å². The Labute approximate surface area is 203 Å². The molecule has 0 aliphatic heterocycles. The minimum absolute atomic E-state index is 0.216. The van der Waals surface area contributed by atoms with Crippen molar-refractivity contribution in [3.63, 3.8) is 0 Å². The lowest BCUT2D eigenvalue weighted by atomic mass is 9.97. The molecule has 3 aromatic carbocycles. The van der Waals surface area contributed by atoms with Crippen LogP contribution in [-0.4, -0.2) is 32.5 Å². The van der Waals surface area contributed by atoms with Gasteiger partial charge in [-0.1, -0.05) is 32.0 Å². The first-order valence-electron chi connectivity index (χ1n) is 11.3. The highest BCUT2D eigenvalue weighted by atomic mass is 19.1. The summed E-state index contributed by atoms with van der Waals surface area (Å²) in [5.41, 5.74) is 3.33. The molecule has 0 saturated heterocycles. The van der Waals surface area contributed by atoms with Crippen molar-refractivity contribution in [2.45, 2.75) is 13.8 Å². The molecular weight excluding hydrogens is 447 g/mol. The smallest absolute Gasteiger partial charge is 0.255 e. The molecule has 0 aliphatic carbocycles. The van der Waals surface area contributed by atoms with Gasteiger partial charge in [0.2, 0.25) is 0 Å². The van der Waals surface area contributed by atoms with Gasteiger partial charge in [0.05, 0.1) is 18.2 Å². The molecule has 4 aromatic rings. The Morgan fingerprint density at radius 3 is 2.37 bits per heavy atom. The average molecular weight is 475 g/mol. The fourth-order valence-electron chi connectivity index (χ4n) is 3.98. The molecule has 6 nitrogen and oxygen atoms in total. The summed E-state index contributed by atoms with van der Waals surface area (Å²) >= 11 is 0. The van der Waals surface area contributed by atoms with Crippen molar-refractivity contribution < 1.29 is 23.1 Å². The Balaban J connectivity index is 1.86. The van der Waals surface area contributed by atoms with Crippen LogP contribution in [0.5, 0.6) is 5.75 Å². The first-order valence-corrected chi connectivity index (χ1v) is 11.3. The normalized spacial score (nSPS) is 11.0. The number of hydrogen-bond donors (Lipinski definition) is 2. The van der Waals surface area contributed by atoms with E-state index in [-0.39, 0.29) is 17.6 Å². The second kappa shape index (κ2) is 10.0. The molecule has 0 fully saturated rings. The molecule has 4 rings (SSSR count). The first kappa shape index (κ1) is 24.0. The molecule has 0 bridgehead atoms. The summed E-state index contributed by atoms with van der Waals surface area (Å²) in [6.45, 7) is 4.60. The lowest BCUT2D eigenvalue weighted by Gasteiger charge is -2.15. The maximum Gasteiger partial charge on any atom is 0.255 e. The van der Waals surface area contributed by atoms with Crippen molar-refractivity contribution in [1.82, 2.24) is 10.6 Å². The van der Waals surface area contributed by atoms with Gasteiger partial charge in [0, 0.05) is 30.1 Å². The van der Waals surface area contributed by atoms with E-state index in [9.17, 15) is 14.0 Å². The standard InChI is InChI=1S/C28H27FN2O4/c1-16(2)15-31-27(32)21-7-5-6-20(26(21)34-4)18-10-13-23-22(14-18)24(28(33)30-3)25(35-23)17-8-11-19(29)12-9-17/h5-14,16H,15H2,1-4H3,(H,30,33)(H,31,32). The van der Waals surface area contributed by atoms with Crippen LogP contribution in [0.1, 0.15) is 34.6 Å². The lowest BCUT2D eigenvalue weighted by molar-refractivity contribution is 0.0943. The van der Waals surface area contributed by atoms with Crippen LogP contribution in [0.15, 0.2) is 65.1 Å². The van der Waals surface area contributed by atoms with Gasteiger partial charge in [-0.2, -0.15) is 0 Å². The predicted molar refractivity (Wildman–Crippen MR) is 134 cm³/mol. The molecule has 0 atom stereocenters. The van der Waals surface area contributed by atoms with E-state index in [1.165, 1.54) is 19.2 Å². The quantitative estimate of drug-likeness (QED) is 0.362. The van der Waals surface area contributed by atoms with Gasteiger partial charge in [0.15, 0.2) is 0 Å². The molecule has 0 radical (unpaired) electrons. The zero-order valence-electron chi connectivity index (χ0n) is 20.1. The van der Waals surface area contributed by atoms with Crippen molar-refractivity contribution in [3.05, 3.63) is 77.6 Å². The van der Waals surface area contributed by atoms with Crippen LogP contribution in [-0.2, 0) is 0 Å². The van der Waals surface area contributed by atoms with Crippen molar-refractivity contribution in [2.24, 2.45) is 5.92 Å². The zero-order valence-corrected chi connectivity index (χ0v) is 20.1. The summed E-state index contributed by atoms with van der Waals surface area (Å²) in [6.07, 6.45) is 0. The molecule has 0 spiro atoms. The maximum absolute atomic E-state index is 13.5. The molecule has 0 unspecified atom stereocenters. The number of rotatable bonds is 7. The molecule has 2 amide bonds. The van der Waals surface area contributed by atoms with Gasteiger partial charge in [-0.25, -0.2) is 4.39 Å². The van der Waals surface area contributed by atoms with Crippen molar-refractivity contribution in [2.75, 3.05) is 20.7 Å². The van der Waals surface area contributed by atoms with Gasteiger partial charge < -0.3 is 19.8 Å². The Morgan fingerprint density at radius 1 is 1.00 bits per heavy atom. The van der Waals surface area contributed by atoms with Gasteiger partial charge in [0.1, 0.15) is 22.9 Å². The highest BCUT2D eigenvalue weighted by Crippen LogP contribution is 2.39. The topological polar surface area (TPSA) is 80.6 Å². The van der Waals surface area contributed by atoms with Crippen molar-refractivity contribution in [3.8, 4) is 28.2 Å². The van der Waals surface area contributed by atoms with E-state index in [0.29, 0.717) is 57.2 Å². The number of hydrogen-bond acceptors (Lipinski definition) is 4. The van der Waals surface area contributed by atoms with Crippen LogP contribution in [0.3, 0.4) is 0 Å². The third kappa shape index (κ3) is 4.75. The monoisotopic (exact) mass is 474 g/mol. The fourth-order valence-corrected chi connectivity index (χ4v) is 3.98. The third-order valence-electron chi connectivity index (χ3n) is 5.69. The van der Waals surface area contributed by atoms with E-state index < -0.39 is 0 Å². The minimum Gasteiger partial charge on any atom is -0.495 e. The van der Waals surface area contributed by atoms with Crippen LogP contribution >= 0.6 is 0 Å². The van der Waals surface area contributed by atoms with E-state index in [1.54, 1.807) is 37.4 Å². The number of benzene rings is 3. The number of halogens is 1. The van der Waals surface area contributed by atoms with E-state index in [2.05, 4.69) is 10.6 Å². The summed E-state index contributed by atoms with van der Waals surface area (Å²) in [6, 6.07) is 16.6. The molecule has 0 aliphatic rings. The Morgan fingerprint density at radius 2 is 1.71 bits per heavy atom. The van der Waals surface area contributed by atoms with Crippen LogP contribution in [0.25, 0.3) is 33.4 Å². The van der Waals surface area contributed by atoms with E-state index in [4.69, 9.17) is 9.15 Å². The minimum atomic E-state index is -0.377. The number of methoxy groups -OCH3 is 1. The van der Waals surface area contributed by atoms with Crippen molar-refractivity contribution >= 4 is 22.8 Å². The van der Waals surface area contributed by atoms with Gasteiger partial charge in [-0.3, -0.25) is 9.59 Å². The molecule has 1 aromatic heterocycles. The number of carbonyl (C=O) groups excluding carboxylic acids is 2. The number of nitrogens with one attached hydrogen (secondary N) is 2. The van der Waals surface area contributed by atoms with E-state index in [1.807, 2.05) is 32.0 Å². The highest BCUT2D eigenvalue weighted by Gasteiger charge is 2.23. The summed E-state index contributed by atoms with van der Waals surface area (Å²) in [4.78, 5) is 25.7. The Hall–Kier alpha value is -4.13. The summed E-state index contributed by atoms with van der Waals surface area (Å²) < 4.78 is 25.2. The fraction of sp³-hybridized carbons (Fsp3) is 0.214. The number of carbonyl (C=O) groups is 2. The van der Waals surface area contributed by atoms with Gasteiger partial charge in [-0.15, -0.1) is 0 Å². The van der Waals surface area contributed by atoms with Gasteiger partial charge in [-0.05, 0) is 53.9 Å². The molecular formula is C28H27FN2O4. The summed E-state index contributed by atoms with van der Waals surface area (Å²) in [5.74, 6) is 0.190. The number of fused-ring (bicyclic) bond motifs is 1. The van der Waals surface area contributed by atoms with Crippen LogP contribution < -0.4 is 15.4 Å². The lowest BCUT2D eigenvalue weighted by Crippen LogP contribution is -2.27. The predicted octanol–water partition coefficient (Wildman–Crippen LogP) is 5.66. The number of amides is 2. The Kier molecular flexibility index (Phi) is 6.87. The first-order chi connectivity index (χ1) is 16.8. The van der Waals surface area contributed by atoms with E-state index >= 15 is 0 Å². The number of para-hydroxylation sites is 1. The Bertz CT molecular complexity index is 1390. The molecule has 7 heteroatoms. The van der Waals surface area contributed by atoms with Crippen LogP contribution in [0, 0.1) is 11.7 Å². The van der Waals surface area contributed by atoms with E-state index in [0.717, 1.165) is 5.56 Å². The summed E-state index contributed by atoms with van der Waals surface area (Å²) in [7, 11) is 3.07. The molecule has 2 N–H and O–H groups in total. The highest BCUT2D eigenvalue weighted by molar-refractivity contribution is 6.12. The molecule has 35 heavy (non-hydrogen) atoms. The second-order valence-corrected chi connectivity index (χ2v) is 8.59. The second-order valence-electron chi connectivity index (χ2n) is 8.59. The molecule has 0 saturated carbocycles. The number of ether oxygens (including phenoxy) is 1. The number of furan rings is 1. The maximum atomic E-state index is 13.5. The average Bonchev–Trinajstić information content (AvgIpc) is 3.25. The largest absolute Gasteiger partial charge is 0.495 e. The summed E-state index contributed by atoms with van der Waals surface area (Å²) in [5, 5.41) is 6.18. The third-order valence-corrected chi connectivity index (χ3v) is 5.69. The van der Waals surface area contributed by atoms with Crippen molar-refractivity contribution in [1.29, 1.82) is 0 Å². The van der Waals surface area contributed by atoms with Gasteiger partial charge in [0.25, 0.3) is 11.8 Å². The molecule has 1 heterocycles. The molecule has 180 valence electrons. The SMILES string of the molecule is CNC(=O)c1c(-c2ccc(F)cc2)oc2ccc(-c3cccc(C(=O)NCC(C)C)c3OC)cc12. The van der Waals surface area contributed by atoms with Crippen LogP contribution in [0.4, 0.5) is 4.39 Å².